The van der Waals surface area contributed by atoms with Crippen molar-refractivity contribution >= 4 is 54.3 Å². The number of halogens is 1. The van der Waals surface area contributed by atoms with E-state index in [0.29, 0.717) is 23.8 Å². The monoisotopic (exact) mass is 583 g/mol. The van der Waals surface area contributed by atoms with Gasteiger partial charge in [-0.3, -0.25) is 4.98 Å². The Morgan fingerprint density at radius 3 is 2.70 bits per heavy atom. The minimum atomic E-state index is -3.45. The highest BCUT2D eigenvalue weighted by Gasteiger charge is 2.33. The van der Waals surface area contributed by atoms with E-state index in [0.717, 1.165) is 59.2 Å². The summed E-state index contributed by atoms with van der Waals surface area (Å²) in [7, 11) is -3.45. The van der Waals surface area contributed by atoms with E-state index >= 15 is 0 Å². The molecule has 0 bridgehead atoms. The molecule has 0 aliphatic carbocycles. The molecule has 1 aliphatic heterocycles. The first kappa shape index (κ1) is 25.6. The van der Waals surface area contributed by atoms with Gasteiger partial charge >= 0.3 is 0 Å². The van der Waals surface area contributed by atoms with Crippen LogP contribution in [0.15, 0.2) is 59.5 Å². The molecule has 1 aliphatic rings. The van der Waals surface area contributed by atoms with Gasteiger partial charge in [0.25, 0.3) is 0 Å². The van der Waals surface area contributed by atoms with Gasteiger partial charge < -0.3 is 16.0 Å². The maximum atomic E-state index is 12.6. The molecule has 0 saturated carbocycles. The van der Waals surface area contributed by atoms with Crippen molar-refractivity contribution in [3.05, 3.63) is 70.7 Å². The Morgan fingerprint density at radius 1 is 1.16 bits per heavy atom. The van der Waals surface area contributed by atoms with Crippen LogP contribution in [0.1, 0.15) is 31.0 Å². The van der Waals surface area contributed by atoms with Crippen LogP contribution < -0.4 is 16.0 Å². The van der Waals surface area contributed by atoms with Gasteiger partial charge in [0, 0.05) is 48.3 Å². The predicted octanol–water partition coefficient (Wildman–Crippen LogP) is 4.44. The summed E-state index contributed by atoms with van der Waals surface area (Å²) < 4.78 is 27.3. The normalized spacial score (nSPS) is 15.5. The van der Waals surface area contributed by atoms with E-state index in [1.54, 1.807) is 18.6 Å². The van der Waals surface area contributed by atoms with Crippen LogP contribution in [0.2, 0.25) is 0 Å². The number of hydrogen-bond acceptors (Lipinski definition) is 8. The van der Waals surface area contributed by atoms with Crippen LogP contribution in [-0.4, -0.2) is 53.2 Å². The number of piperidine rings is 1. The topological polar surface area (TPSA) is 114 Å². The third-order valence-electron chi connectivity index (χ3n) is 6.89. The van der Waals surface area contributed by atoms with Crippen molar-refractivity contribution in [3.63, 3.8) is 0 Å². The molecule has 0 spiro atoms. The summed E-state index contributed by atoms with van der Waals surface area (Å²) in [5, 5.41) is 11.0. The molecule has 37 heavy (non-hydrogen) atoms. The van der Waals surface area contributed by atoms with Crippen LogP contribution in [-0.2, 0) is 21.9 Å². The van der Waals surface area contributed by atoms with E-state index in [2.05, 4.69) is 53.8 Å². The largest absolute Gasteiger partial charge is 0.369 e. The van der Waals surface area contributed by atoms with Gasteiger partial charge in [-0.25, -0.2) is 17.4 Å². The smallest absolute Gasteiger partial charge is 0.236 e. The quantitative estimate of drug-likeness (QED) is 0.279. The molecular formula is C26H30BrN7O2S. The summed E-state index contributed by atoms with van der Waals surface area (Å²) in [5.74, 6) is 1.13. The Morgan fingerprint density at radius 2 is 1.97 bits per heavy atom. The number of pyridine rings is 1. The Bertz CT molecular complexity index is 1520. The first-order valence-electron chi connectivity index (χ1n) is 12.2. The second-order valence-corrected chi connectivity index (χ2v) is 12.4. The zero-order valence-corrected chi connectivity index (χ0v) is 23.2. The minimum absolute atomic E-state index is 0.114. The molecule has 0 radical (unpaired) electrons. The highest BCUT2D eigenvalue weighted by atomic mass is 79.9. The Labute approximate surface area is 225 Å². The van der Waals surface area contributed by atoms with Gasteiger partial charge in [0.2, 0.25) is 16.0 Å². The number of nitrogens with zero attached hydrogens (tertiary/aromatic N) is 4. The zero-order valence-electron chi connectivity index (χ0n) is 20.8. The maximum absolute atomic E-state index is 12.6. The first-order chi connectivity index (χ1) is 17.7. The molecule has 3 aromatic heterocycles. The molecule has 9 nitrogen and oxygen atoms in total. The SMILES string of the molecule is CC1(c2cn(S(C)(=O)=O)c3ccc(Nc4ncc(Br)c(NCCc5ccccn5)n4)cc23)CCNCC1. The van der Waals surface area contributed by atoms with Crippen molar-refractivity contribution in [1.82, 2.24) is 24.2 Å². The number of hydrogen-bond donors (Lipinski definition) is 3. The van der Waals surface area contributed by atoms with Gasteiger partial charge in [-0.2, -0.15) is 4.98 Å². The number of benzene rings is 1. The Kier molecular flexibility index (Phi) is 7.19. The number of rotatable bonds is 8. The highest BCUT2D eigenvalue weighted by Crippen LogP contribution is 2.40. The van der Waals surface area contributed by atoms with Crippen molar-refractivity contribution < 1.29 is 8.42 Å². The summed E-state index contributed by atoms with van der Waals surface area (Å²) in [6.07, 6.45) is 9.19. The van der Waals surface area contributed by atoms with Crippen LogP contribution in [0.5, 0.6) is 0 Å². The van der Waals surface area contributed by atoms with Crippen LogP contribution >= 0.6 is 15.9 Å². The van der Waals surface area contributed by atoms with E-state index in [9.17, 15) is 8.42 Å². The van der Waals surface area contributed by atoms with Crippen molar-refractivity contribution in [2.75, 3.05) is 36.5 Å². The summed E-state index contributed by atoms with van der Waals surface area (Å²) in [4.78, 5) is 13.4. The van der Waals surface area contributed by atoms with Gasteiger partial charge in [-0.15, -0.1) is 0 Å². The van der Waals surface area contributed by atoms with Crippen molar-refractivity contribution in [2.45, 2.75) is 31.6 Å². The molecule has 11 heteroatoms. The minimum Gasteiger partial charge on any atom is -0.369 e. The second-order valence-electron chi connectivity index (χ2n) is 9.66. The molecular weight excluding hydrogens is 554 g/mol. The molecule has 3 N–H and O–H groups in total. The van der Waals surface area contributed by atoms with Crippen molar-refractivity contribution in [1.29, 1.82) is 0 Å². The number of aromatic nitrogens is 4. The molecule has 4 heterocycles. The van der Waals surface area contributed by atoms with E-state index < -0.39 is 10.0 Å². The fourth-order valence-electron chi connectivity index (χ4n) is 4.82. The lowest BCUT2D eigenvalue weighted by molar-refractivity contribution is 0.337. The van der Waals surface area contributed by atoms with Crippen LogP contribution in [0.25, 0.3) is 10.9 Å². The summed E-state index contributed by atoms with van der Waals surface area (Å²) in [5.41, 5.74) is 3.41. The molecule has 194 valence electrons. The number of nitrogens with one attached hydrogen (secondary N) is 3. The average molecular weight is 585 g/mol. The number of anilines is 3. The van der Waals surface area contributed by atoms with Gasteiger partial charge in [0.05, 0.1) is 16.2 Å². The second kappa shape index (κ2) is 10.4. The van der Waals surface area contributed by atoms with Gasteiger partial charge in [-0.05, 0) is 83.2 Å². The van der Waals surface area contributed by atoms with E-state index in [-0.39, 0.29) is 5.41 Å². The van der Waals surface area contributed by atoms with Crippen molar-refractivity contribution in [2.24, 2.45) is 0 Å². The molecule has 0 unspecified atom stereocenters. The van der Waals surface area contributed by atoms with E-state index in [4.69, 9.17) is 0 Å². The van der Waals surface area contributed by atoms with Crippen LogP contribution in [0.3, 0.4) is 0 Å². The standard InChI is InChI=1S/C26H30BrN7O2S/c1-26(9-13-28-14-10-26)21-17-34(37(2,35)36)23-7-6-19(15-20(21)23)32-25-31-16-22(27)24(33-25)30-12-8-18-5-3-4-11-29-18/h3-7,11,15-17,28H,8-10,12-14H2,1-2H3,(H2,30,31,32,33). The highest BCUT2D eigenvalue weighted by molar-refractivity contribution is 9.10. The third kappa shape index (κ3) is 5.63. The van der Waals surface area contributed by atoms with Gasteiger partial charge in [0.1, 0.15) is 5.82 Å². The number of fused-ring (bicyclic) bond motifs is 1. The molecule has 4 aromatic rings. The lowest BCUT2D eigenvalue weighted by atomic mass is 9.75. The molecule has 0 amide bonds. The van der Waals surface area contributed by atoms with E-state index in [1.165, 1.54) is 10.2 Å². The maximum Gasteiger partial charge on any atom is 0.236 e. The van der Waals surface area contributed by atoms with Crippen molar-refractivity contribution in [3.8, 4) is 0 Å². The predicted molar refractivity (Wildman–Crippen MR) is 151 cm³/mol. The van der Waals surface area contributed by atoms with Gasteiger partial charge in [-0.1, -0.05) is 13.0 Å². The van der Waals surface area contributed by atoms with Gasteiger partial charge in [0.15, 0.2) is 0 Å². The third-order valence-corrected chi connectivity index (χ3v) is 8.48. The first-order valence-corrected chi connectivity index (χ1v) is 14.9. The van der Waals surface area contributed by atoms with Crippen LogP contribution in [0, 0.1) is 0 Å². The molecule has 1 fully saturated rings. The lowest BCUT2D eigenvalue weighted by Crippen LogP contribution is -2.37. The molecule has 0 atom stereocenters. The Balaban J connectivity index is 1.42. The summed E-state index contributed by atoms with van der Waals surface area (Å²) in [6, 6.07) is 11.6. The zero-order chi connectivity index (χ0) is 26.0. The molecule has 1 aromatic carbocycles. The Hall–Kier alpha value is -3.02. The van der Waals surface area contributed by atoms with Crippen LogP contribution in [0.4, 0.5) is 17.5 Å². The van der Waals surface area contributed by atoms with E-state index in [1.807, 2.05) is 36.4 Å². The fourth-order valence-corrected chi connectivity index (χ4v) is 5.96. The summed E-state index contributed by atoms with van der Waals surface area (Å²) in [6.45, 7) is 4.70. The molecule has 5 rings (SSSR count). The lowest BCUT2D eigenvalue weighted by Gasteiger charge is -2.34. The molecule has 1 saturated heterocycles. The average Bonchev–Trinajstić information content (AvgIpc) is 3.28. The summed E-state index contributed by atoms with van der Waals surface area (Å²) >= 11 is 3.52. The fraction of sp³-hybridized carbons (Fsp3) is 0.346.